The van der Waals surface area contributed by atoms with E-state index < -0.39 is 59.0 Å². The highest BCUT2D eigenvalue weighted by Crippen LogP contribution is 2.24. The van der Waals surface area contributed by atoms with Crippen molar-refractivity contribution >= 4 is 64.1 Å². The van der Waals surface area contributed by atoms with Gasteiger partial charge < -0.3 is 20.6 Å². The lowest BCUT2D eigenvalue weighted by atomic mass is 10.4. The van der Waals surface area contributed by atoms with Crippen LogP contribution in [0.15, 0.2) is 30.3 Å². The highest BCUT2D eigenvalue weighted by atomic mass is 28.5. The van der Waals surface area contributed by atoms with Gasteiger partial charge in [0.25, 0.3) is 0 Å². The topological polar surface area (TPSA) is 46.2 Å². The zero-order valence-corrected chi connectivity index (χ0v) is 32.9. The molecule has 0 N–H and O–H groups in total. The second-order valence-electron chi connectivity index (χ2n) is 14.1. The Bertz CT molecular complexity index is 746. The minimum Gasteiger partial charge on any atom is -0.437 e. The highest BCUT2D eigenvalue weighted by molar-refractivity contribution is 6.94. The van der Waals surface area contributed by atoms with Crippen molar-refractivity contribution in [3.63, 3.8) is 0 Å². The van der Waals surface area contributed by atoms with E-state index in [0.717, 1.165) is 0 Å². The van der Waals surface area contributed by atoms with Gasteiger partial charge in [-0.25, -0.2) is 0 Å². The molecule has 0 aliphatic heterocycles. The number of hydrogen-bond acceptors (Lipinski definition) is 5. The van der Waals surface area contributed by atoms with E-state index in [0.29, 0.717) is 0 Å². The fourth-order valence-corrected chi connectivity index (χ4v) is 33.7. The molecule has 0 aliphatic rings. The van der Waals surface area contributed by atoms with Crippen LogP contribution in [0.25, 0.3) is 0 Å². The molecule has 0 radical (unpaired) electrons. The predicted octanol–water partition coefficient (Wildman–Crippen LogP) is 7.78. The Morgan fingerprint density at radius 1 is 0.371 bits per heavy atom. The summed E-state index contributed by atoms with van der Waals surface area (Å²) in [5.41, 5.74) is 0. The maximum Gasteiger partial charge on any atom is 0.350 e. The van der Waals surface area contributed by atoms with Gasteiger partial charge in [-0.05, 0) is 116 Å². The molecule has 0 aliphatic carbocycles. The lowest BCUT2D eigenvalue weighted by Gasteiger charge is -2.41. The van der Waals surface area contributed by atoms with Gasteiger partial charge in [0.2, 0.25) is 0 Å². The standard InChI is InChI=1S/C15H32O3Si4.C8H24O2Si3/c1-19(2,3)16-21(7,8)18-22(9,17-20(4,5)6)15-13-11-10-12-14-15;1-11(2,3)9-13(7,8)10-12(4,5)6/h10-14H,1-9H3;1-8H3. The van der Waals surface area contributed by atoms with Crippen molar-refractivity contribution in [1.29, 1.82) is 0 Å². The smallest absolute Gasteiger partial charge is 0.350 e. The molecule has 0 saturated heterocycles. The van der Waals surface area contributed by atoms with E-state index in [2.05, 4.69) is 136 Å². The van der Waals surface area contributed by atoms with Crippen LogP contribution in [0.5, 0.6) is 0 Å². The van der Waals surface area contributed by atoms with Crippen LogP contribution in [-0.4, -0.2) is 59.0 Å². The largest absolute Gasteiger partial charge is 0.437 e. The van der Waals surface area contributed by atoms with Crippen molar-refractivity contribution in [1.82, 2.24) is 0 Å². The Kier molecular flexibility index (Phi) is 12.8. The molecule has 1 aromatic rings. The Morgan fingerprint density at radius 3 is 0.943 bits per heavy atom. The quantitative estimate of drug-likeness (QED) is 0.240. The van der Waals surface area contributed by atoms with Crippen LogP contribution in [0.1, 0.15) is 0 Å². The Hall–Kier alpha value is 0.538. The molecule has 5 nitrogen and oxygen atoms in total. The highest BCUT2D eigenvalue weighted by Gasteiger charge is 2.45. The minimum atomic E-state index is -2.48. The Morgan fingerprint density at radius 2 is 0.657 bits per heavy atom. The first-order valence-corrected chi connectivity index (χ1v) is 34.3. The van der Waals surface area contributed by atoms with Gasteiger partial charge >= 0.3 is 25.7 Å². The summed E-state index contributed by atoms with van der Waals surface area (Å²) in [6, 6.07) is 10.4. The summed E-state index contributed by atoms with van der Waals surface area (Å²) < 4.78 is 31.8. The molecule has 0 amide bonds. The molecule has 1 rings (SSSR count). The van der Waals surface area contributed by atoms with E-state index in [4.69, 9.17) is 20.6 Å². The van der Waals surface area contributed by atoms with E-state index in [1.165, 1.54) is 5.19 Å². The van der Waals surface area contributed by atoms with Gasteiger partial charge in [0.1, 0.15) is 0 Å². The van der Waals surface area contributed by atoms with E-state index >= 15 is 0 Å². The maximum absolute atomic E-state index is 6.67. The average Bonchev–Trinajstić information content (AvgIpc) is 2.46. The molecule has 12 heteroatoms. The number of hydrogen-bond donors (Lipinski definition) is 0. The van der Waals surface area contributed by atoms with Gasteiger partial charge in [-0.15, -0.1) is 0 Å². The second-order valence-corrected chi connectivity index (χ2v) is 43.1. The third-order valence-corrected chi connectivity index (χ3v) is 26.1. The van der Waals surface area contributed by atoms with Crippen LogP contribution in [0.2, 0.25) is 111 Å². The van der Waals surface area contributed by atoms with Crippen molar-refractivity contribution in [3.05, 3.63) is 30.3 Å². The first-order valence-electron chi connectivity index (χ1n) is 12.7. The zero-order valence-electron chi connectivity index (χ0n) is 25.9. The Labute approximate surface area is 225 Å². The van der Waals surface area contributed by atoms with E-state index in [-0.39, 0.29) is 0 Å². The van der Waals surface area contributed by atoms with E-state index in [1.54, 1.807) is 0 Å². The molecular formula is C23H56O5Si7. The summed E-state index contributed by atoms with van der Waals surface area (Å²) >= 11 is 0. The molecule has 0 saturated carbocycles. The van der Waals surface area contributed by atoms with Gasteiger partial charge in [-0.2, -0.15) is 0 Å². The molecule has 0 heterocycles. The number of rotatable bonds is 11. The zero-order chi connectivity index (χ0) is 28.1. The molecule has 0 fully saturated rings. The van der Waals surface area contributed by atoms with Crippen LogP contribution in [0.3, 0.4) is 0 Å². The van der Waals surface area contributed by atoms with Crippen LogP contribution >= 0.6 is 0 Å². The summed E-state index contributed by atoms with van der Waals surface area (Å²) in [6.45, 7) is 37.4. The van der Waals surface area contributed by atoms with Crippen molar-refractivity contribution in [2.24, 2.45) is 0 Å². The SMILES string of the molecule is C[Si](C)(C)O[Si](C)(C)O[Si](C)(C)C.C[Si](C)(C)O[Si](C)(C)O[Si](C)(O[Si](C)(C)C)c1ccccc1. The molecule has 206 valence electrons. The molecular weight excluding hydrogens is 553 g/mol. The van der Waals surface area contributed by atoms with Crippen molar-refractivity contribution < 1.29 is 20.6 Å². The summed E-state index contributed by atoms with van der Waals surface area (Å²) in [5, 5.41) is 1.19. The van der Waals surface area contributed by atoms with Gasteiger partial charge in [-0.3, -0.25) is 0 Å². The lowest BCUT2D eigenvalue weighted by Crippen LogP contribution is -2.62. The van der Waals surface area contributed by atoms with E-state index in [1.807, 2.05) is 6.07 Å². The third-order valence-electron chi connectivity index (χ3n) is 3.90. The summed E-state index contributed by atoms with van der Waals surface area (Å²) in [6.07, 6.45) is 0. The van der Waals surface area contributed by atoms with Gasteiger partial charge in [0.15, 0.2) is 33.3 Å². The van der Waals surface area contributed by atoms with Crippen LogP contribution in [0.4, 0.5) is 0 Å². The summed E-state index contributed by atoms with van der Waals surface area (Å²) in [4.78, 5) is 0. The monoisotopic (exact) mass is 608 g/mol. The summed E-state index contributed by atoms with van der Waals surface area (Å²) in [7, 11) is -12.8. The van der Waals surface area contributed by atoms with Crippen LogP contribution in [-0.2, 0) is 20.6 Å². The fraction of sp³-hybridized carbons (Fsp3) is 0.739. The lowest BCUT2D eigenvalue weighted by molar-refractivity contribution is 0.337. The molecule has 0 spiro atoms. The summed E-state index contributed by atoms with van der Waals surface area (Å²) in [5.74, 6) is 0. The second kappa shape index (κ2) is 12.6. The van der Waals surface area contributed by atoms with Gasteiger partial charge in [0, 0.05) is 0 Å². The molecule has 1 aromatic carbocycles. The van der Waals surface area contributed by atoms with Gasteiger partial charge in [-0.1, -0.05) is 30.3 Å². The Balaban J connectivity index is 0.000000761. The van der Waals surface area contributed by atoms with Crippen LogP contribution in [0, 0.1) is 0 Å². The maximum atomic E-state index is 6.67. The van der Waals surface area contributed by atoms with Crippen molar-refractivity contribution in [2.45, 2.75) is 111 Å². The fourth-order valence-electron chi connectivity index (χ4n) is 4.19. The third kappa shape index (κ3) is 18.4. The molecule has 1 unspecified atom stereocenters. The molecule has 1 atom stereocenters. The number of benzene rings is 1. The predicted molar refractivity (Wildman–Crippen MR) is 171 cm³/mol. The van der Waals surface area contributed by atoms with Crippen LogP contribution < -0.4 is 5.19 Å². The average molecular weight is 609 g/mol. The first-order chi connectivity index (χ1) is 15.1. The first kappa shape index (κ1) is 35.5. The molecule has 0 aromatic heterocycles. The minimum absolute atomic E-state index is 1.19. The van der Waals surface area contributed by atoms with Gasteiger partial charge in [0.05, 0.1) is 0 Å². The normalized spacial score (nSPS) is 15.8. The van der Waals surface area contributed by atoms with Crippen molar-refractivity contribution in [3.8, 4) is 0 Å². The van der Waals surface area contributed by atoms with Crippen molar-refractivity contribution in [2.75, 3.05) is 0 Å². The van der Waals surface area contributed by atoms with E-state index in [9.17, 15) is 0 Å². The molecule has 0 bridgehead atoms. The molecule has 35 heavy (non-hydrogen) atoms.